The molecule has 0 fully saturated rings. The number of hydrogen-bond donors (Lipinski definition) is 2. The minimum absolute atomic E-state index is 0.115. The van der Waals surface area contributed by atoms with Crippen LogP contribution in [0, 0.1) is 0 Å². The molecule has 0 heterocycles. The lowest BCUT2D eigenvalue weighted by atomic mass is 10.0. The maximum atomic E-state index is 10.6. The zero-order chi connectivity index (χ0) is 9.84. The number of nitrogens with two attached hydrogens (primary N) is 2. The minimum atomic E-state index is -0.424. The Balaban J connectivity index is 2.82. The molecule has 4 N–H and O–H groups in total. The van der Waals surface area contributed by atoms with E-state index in [4.69, 9.17) is 23.1 Å². The Morgan fingerprint density at radius 2 is 2.08 bits per heavy atom. The molecule has 1 aromatic carbocycles. The molecule has 1 amide bonds. The van der Waals surface area contributed by atoms with Gasteiger partial charge in [0, 0.05) is 17.5 Å². The Bertz CT molecular complexity index is 314. The zero-order valence-electron chi connectivity index (χ0n) is 7.03. The van der Waals surface area contributed by atoms with Gasteiger partial charge in [0.05, 0.1) is 0 Å². The average Bonchev–Trinajstić information content (AvgIpc) is 2.03. The van der Waals surface area contributed by atoms with Gasteiger partial charge in [-0.3, -0.25) is 4.79 Å². The van der Waals surface area contributed by atoms with E-state index in [9.17, 15) is 4.79 Å². The second-order valence-electron chi connectivity index (χ2n) is 2.80. The number of rotatable bonds is 3. The molecule has 70 valence electrons. The highest BCUT2D eigenvalue weighted by Crippen LogP contribution is 2.22. The molecule has 0 unspecified atom stereocenters. The lowest BCUT2D eigenvalue weighted by molar-refractivity contribution is -0.118. The number of carbonyl (C=O) groups is 1. The molecular formula is C9H11ClN2O. The van der Waals surface area contributed by atoms with Crippen LogP contribution in [0.25, 0.3) is 0 Å². The molecule has 13 heavy (non-hydrogen) atoms. The van der Waals surface area contributed by atoms with E-state index in [0.717, 1.165) is 5.56 Å². The van der Waals surface area contributed by atoms with Gasteiger partial charge in [-0.15, -0.1) is 0 Å². The van der Waals surface area contributed by atoms with Crippen molar-refractivity contribution >= 4 is 17.5 Å². The van der Waals surface area contributed by atoms with Crippen LogP contribution in [-0.2, 0) is 4.79 Å². The van der Waals surface area contributed by atoms with E-state index in [2.05, 4.69) is 0 Å². The Morgan fingerprint density at radius 3 is 2.62 bits per heavy atom. The molecule has 0 radical (unpaired) electrons. The highest BCUT2D eigenvalue weighted by atomic mass is 35.5. The third-order valence-electron chi connectivity index (χ3n) is 1.73. The first-order valence-corrected chi connectivity index (χ1v) is 4.27. The molecule has 0 saturated carbocycles. The SMILES string of the molecule is NC(=O)C[C@@H](N)c1ccccc1Cl. The first kappa shape index (κ1) is 10.0. The summed E-state index contributed by atoms with van der Waals surface area (Å²) in [6, 6.07) is 6.74. The lowest BCUT2D eigenvalue weighted by Crippen LogP contribution is -2.20. The third-order valence-corrected chi connectivity index (χ3v) is 2.07. The fraction of sp³-hybridized carbons (Fsp3) is 0.222. The Labute approximate surface area is 81.7 Å². The minimum Gasteiger partial charge on any atom is -0.370 e. The van der Waals surface area contributed by atoms with Gasteiger partial charge in [-0.05, 0) is 11.6 Å². The predicted octanol–water partition coefficient (Wildman–Crippen LogP) is 1.22. The Kier molecular flexibility index (Phi) is 3.28. The topological polar surface area (TPSA) is 69.1 Å². The van der Waals surface area contributed by atoms with Crippen molar-refractivity contribution in [3.63, 3.8) is 0 Å². The summed E-state index contributed by atoms with van der Waals surface area (Å²) in [6.07, 6.45) is 0.115. The third kappa shape index (κ3) is 2.72. The summed E-state index contributed by atoms with van der Waals surface area (Å²) in [5, 5.41) is 0.566. The summed E-state index contributed by atoms with van der Waals surface area (Å²) in [4.78, 5) is 10.6. The van der Waals surface area contributed by atoms with Crippen LogP contribution in [0.1, 0.15) is 18.0 Å². The Morgan fingerprint density at radius 1 is 1.46 bits per heavy atom. The highest BCUT2D eigenvalue weighted by Gasteiger charge is 2.11. The first-order valence-electron chi connectivity index (χ1n) is 3.89. The summed E-state index contributed by atoms with van der Waals surface area (Å²) >= 11 is 5.87. The van der Waals surface area contributed by atoms with E-state index in [0.29, 0.717) is 5.02 Å². The number of halogens is 1. The maximum absolute atomic E-state index is 10.6. The fourth-order valence-corrected chi connectivity index (χ4v) is 1.38. The summed E-state index contributed by atoms with van der Waals surface area (Å²) in [6.45, 7) is 0. The molecule has 4 heteroatoms. The van der Waals surface area contributed by atoms with Gasteiger partial charge < -0.3 is 11.5 Å². The van der Waals surface area contributed by atoms with Gasteiger partial charge in [-0.25, -0.2) is 0 Å². The lowest BCUT2D eigenvalue weighted by Gasteiger charge is -2.10. The van der Waals surface area contributed by atoms with Gasteiger partial charge in [-0.1, -0.05) is 29.8 Å². The van der Waals surface area contributed by atoms with Crippen LogP contribution >= 0.6 is 11.6 Å². The first-order chi connectivity index (χ1) is 6.11. The van der Waals surface area contributed by atoms with Gasteiger partial charge in [0.15, 0.2) is 0 Å². The van der Waals surface area contributed by atoms with Crippen molar-refractivity contribution in [2.75, 3.05) is 0 Å². The molecule has 0 bridgehead atoms. The normalized spacial score (nSPS) is 12.5. The van der Waals surface area contributed by atoms with E-state index in [1.165, 1.54) is 0 Å². The molecule has 0 aliphatic rings. The van der Waals surface area contributed by atoms with E-state index in [1.807, 2.05) is 12.1 Å². The number of primary amides is 1. The van der Waals surface area contributed by atoms with Crippen LogP contribution in [0.5, 0.6) is 0 Å². The van der Waals surface area contributed by atoms with Gasteiger partial charge in [-0.2, -0.15) is 0 Å². The van der Waals surface area contributed by atoms with Crippen molar-refractivity contribution in [2.24, 2.45) is 11.5 Å². The van der Waals surface area contributed by atoms with Gasteiger partial charge in [0.1, 0.15) is 0 Å². The van der Waals surface area contributed by atoms with E-state index < -0.39 is 11.9 Å². The zero-order valence-corrected chi connectivity index (χ0v) is 7.79. The van der Waals surface area contributed by atoms with Crippen molar-refractivity contribution in [1.29, 1.82) is 0 Å². The largest absolute Gasteiger partial charge is 0.370 e. The number of hydrogen-bond acceptors (Lipinski definition) is 2. The predicted molar refractivity (Wildman–Crippen MR) is 52.2 cm³/mol. The molecule has 3 nitrogen and oxygen atoms in total. The number of carbonyl (C=O) groups excluding carboxylic acids is 1. The van der Waals surface area contributed by atoms with Gasteiger partial charge >= 0.3 is 0 Å². The molecule has 1 rings (SSSR count). The van der Waals surface area contributed by atoms with Crippen LogP contribution in [-0.4, -0.2) is 5.91 Å². The van der Waals surface area contributed by atoms with Crippen LogP contribution in [0.15, 0.2) is 24.3 Å². The van der Waals surface area contributed by atoms with Crippen LogP contribution in [0.4, 0.5) is 0 Å². The molecule has 0 saturated heterocycles. The molecular weight excluding hydrogens is 188 g/mol. The van der Waals surface area contributed by atoms with Gasteiger partial charge in [0.25, 0.3) is 0 Å². The molecule has 0 aliphatic heterocycles. The quantitative estimate of drug-likeness (QED) is 0.767. The summed E-state index contributed by atoms with van der Waals surface area (Å²) in [5.74, 6) is -0.424. The smallest absolute Gasteiger partial charge is 0.219 e. The average molecular weight is 199 g/mol. The van der Waals surface area contributed by atoms with Crippen molar-refractivity contribution in [2.45, 2.75) is 12.5 Å². The molecule has 0 aromatic heterocycles. The molecule has 1 aromatic rings. The molecule has 0 spiro atoms. The highest BCUT2D eigenvalue weighted by molar-refractivity contribution is 6.31. The van der Waals surface area contributed by atoms with Crippen LogP contribution in [0.3, 0.4) is 0 Å². The van der Waals surface area contributed by atoms with Crippen LogP contribution in [0.2, 0.25) is 5.02 Å². The van der Waals surface area contributed by atoms with E-state index >= 15 is 0 Å². The van der Waals surface area contributed by atoms with Gasteiger partial charge in [0.2, 0.25) is 5.91 Å². The molecule has 1 atom stereocenters. The maximum Gasteiger partial charge on any atom is 0.219 e. The Hall–Kier alpha value is -1.06. The summed E-state index contributed by atoms with van der Waals surface area (Å²) in [7, 11) is 0. The number of amides is 1. The second kappa shape index (κ2) is 4.25. The van der Waals surface area contributed by atoms with E-state index in [-0.39, 0.29) is 6.42 Å². The van der Waals surface area contributed by atoms with Crippen molar-refractivity contribution in [3.8, 4) is 0 Å². The van der Waals surface area contributed by atoms with Crippen molar-refractivity contribution < 1.29 is 4.79 Å². The standard InChI is InChI=1S/C9H11ClN2O/c10-7-4-2-1-3-6(7)8(11)5-9(12)13/h1-4,8H,5,11H2,(H2,12,13)/t8-/m1/s1. The van der Waals surface area contributed by atoms with E-state index in [1.54, 1.807) is 12.1 Å². The molecule has 0 aliphatic carbocycles. The van der Waals surface area contributed by atoms with Crippen molar-refractivity contribution in [3.05, 3.63) is 34.9 Å². The summed E-state index contributed by atoms with van der Waals surface area (Å²) < 4.78 is 0. The van der Waals surface area contributed by atoms with Crippen molar-refractivity contribution in [1.82, 2.24) is 0 Å². The fourth-order valence-electron chi connectivity index (χ4n) is 1.10. The monoisotopic (exact) mass is 198 g/mol. The van der Waals surface area contributed by atoms with Crippen LogP contribution < -0.4 is 11.5 Å². The second-order valence-corrected chi connectivity index (χ2v) is 3.21. The summed E-state index contributed by atoms with van der Waals surface area (Å²) in [5.41, 5.74) is 11.5. The number of benzene rings is 1.